The van der Waals surface area contributed by atoms with E-state index in [1.165, 1.54) is 6.92 Å². The minimum absolute atomic E-state index is 0.0746. The molecule has 0 fully saturated rings. The molecule has 0 bridgehead atoms. The molecule has 0 aliphatic rings. The van der Waals surface area contributed by atoms with Crippen molar-refractivity contribution in [2.75, 3.05) is 0 Å². The van der Waals surface area contributed by atoms with Crippen LogP contribution in [0.5, 0.6) is 5.75 Å². The largest absolute Gasteiger partial charge is 0.481 e. The van der Waals surface area contributed by atoms with Crippen molar-refractivity contribution in [1.29, 1.82) is 0 Å². The fourth-order valence-corrected chi connectivity index (χ4v) is 1.20. The van der Waals surface area contributed by atoms with Gasteiger partial charge in [0.1, 0.15) is 11.6 Å². The molecule has 16 heavy (non-hydrogen) atoms. The zero-order valence-corrected chi connectivity index (χ0v) is 8.34. The zero-order valence-electron chi connectivity index (χ0n) is 8.34. The van der Waals surface area contributed by atoms with Crippen LogP contribution in [0.3, 0.4) is 0 Å². The van der Waals surface area contributed by atoms with Crippen LogP contribution in [0.25, 0.3) is 0 Å². The van der Waals surface area contributed by atoms with Gasteiger partial charge < -0.3 is 9.84 Å². The fourth-order valence-electron chi connectivity index (χ4n) is 1.20. The number of carbonyl (C=O) groups is 1. The molecule has 0 saturated heterocycles. The van der Waals surface area contributed by atoms with Gasteiger partial charge in [-0.1, -0.05) is 0 Å². The van der Waals surface area contributed by atoms with Crippen LogP contribution in [0, 0.1) is 12.7 Å². The highest BCUT2D eigenvalue weighted by Gasteiger charge is 2.13. The average molecular weight is 234 g/mol. The summed E-state index contributed by atoms with van der Waals surface area (Å²) in [5.41, 5.74) is 0.000638. The van der Waals surface area contributed by atoms with Gasteiger partial charge in [0.15, 0.2) is 0 Å². The summed E-state index contributed by atoms with van der Waals surface area (Å²) in [6.45, 7) is -1.80. The quantitative estimate of drug-likeness (QED) is 0.869. The summed E-state index contributed by atoms with van der Waals surface area (Å²) < 4.78 is 41.2. The number of aliphatic carboxylic acids is 1. The van der Waals surface area contributed by atoms with E-state index in [9.17, 15) is 18.0 Å². The highest BCUT2D eigenvalue weighted by molar-refractivity contribution is 5.70. The SMILES string of the molecule is Cc1c(F)cc(CC(=O)O)cc1OC(F)F. The normalized spacial score (nSPS) is 10.6. The van der Waals surface area contributed by atoms with E-state index in [2.05, 4.69) is 4.74 Å². The first kappa shape index (κ1) is 12.4. The predicted octanol–water partition coefficient (Wildman–Crippen LogP) is 2.36. The van der Waals surface area contributed by atoms with Crippen LogP contribution in [-0.2, 0) is 11.2 Å². The third-order valence-corrected chi connectivity index (χ3v) is 1.93. The van der Waals surface area contributed by atoms with Crippen molar-refractivity contribution in [2.45, 2.75) is 20.0 Å². The highest BCUT2D eigenvalue weighted by Crippen LogP contribution is 2.24. The molecule has 88 valence electrons. The lowest BCUT2D eigenvalue weighted by Gasteiger charge is -2.10. The molecule has 0 atom stereocenters. The molecule has 0 aromatic heterocycles. The molecule has 0 aliphatic carbocycles. The molecule has 1 aromatic carbocycles. The number of carboxylic acids is 1. The molecular formula is C10H9F3O3. The Labute approximate surface area is 89.5 Å². The summed E-state index contributed by atoms with van der Waals surface area (Å²) >= 11 is 0. The molecule has 0 saturated carbocycles. The van der Waals surface area contributed by atoms with E-state index in [4.69, 9.17) is 5.11 Å². The Morgan fingerprint density at radius 1 is 1.50 bits per heavy atom. The summed E-state index contributed by atoms with van der Waals surface area (Å²) in [6, 6.07) is 2.08. The van der Waals surface area contributed by atoms with E-state index in [-0.39, 0.29) is 16.9 Å². The maximum absolute atomic E-state index is 13.2. The number of hydrogen-bond acceptors (Lipinski definition) is 2. The van der Waals surface area contributed by atoms with Crippen LogP contribution < -0.4 is 4.74 Å². The van der Waals surface area contributed by atoms with E-state index in [0.717, 1.165) is 12.1 Å². The molecule has 0 amide bonds. The van der Waals surface area contributed by atoms with Gasteiger partial charge in [-0.3, -0.25) is 4.79 Å². The molecule has 6 heteroatoms. The first-order chi connectivity index (χ1) is 7.40. The van der Waals surface area contributed by atoms with Gasteiger partial charge in [-0.05, 0) is 24.6 Å². The van der Waals surface area contributed by atoms with Gasteiger partial charge in [0.25, 0.3) is 0 Å². The smallest absolute Gasteiger partial charge is 0.387 e. The molecule has 1 N–H and O–H groups in total. The lowest BCUT2D eigenvalue weighted by atomic mass is 10.1. The number of rotatable bonds is 4. The minimum Gasteiger partial charge on any atom is -0.481 e. The number of ether oxygens (including phenoxy) is 1. The number of alkyl halides is 2. The fraction of sp³-hybridized carbons (Fsp3) is 0.300. The van der Waals surface area contributed by atoms with E-state index >= 15 is 0 Å². The van der Waals surface area contributed by atoms with Crippen LogP contribution in [0.2, 0.25) is 0 Å². The van der Waals surface area contributed by atoms with Crippen molar-refractivity contribution >= 4 is 5.97 Å². The molecule has 0 radical (unpaired) electrons. The molecule has 0 heterocycles. The Bertz CT molecular complexity index is 405. The second-order valence-electron chi connectivity index (χ2n) is 3.15. The standard InChI is InChI=1S/C10H9F3O3/c1-5-7(11)2-6(4-9(14)15)3-8(5)16-10(12)13/h2-3,10H,4H2,1H3,(H,14,15). The van der Waals surface area contributed by atoms with Crippen molar-refractivity contribution in [3.63, 3.8) is 0 Å². The van der Waals surface area contributed by atoms with Crippen LogP contribution in [0.15, 0.2) is 12.1 Å². The molecular weight excluding hydrogens is 225 g/mol. The third-order valence-electron chi connectivity index (χ3n) is 1.93. The van der Waals surface area contributed by atoms with Crippen molar-refractivity contribution in [3.8, 4) is 5.75 Å². The summed E-state index contributed by atoms with van der Waals surface area (Å²) in [5.74, 6) is -2.29. The number of halogens is 3. The first-order valence-corrected chi connectivity index (χ1v) is 4.35. The number of carboxylic acid groups (broad SMARTS) is 1. The van der Waals surface area contributed by atoms with Gasteiger partial charge in [0.05, 0.1) is 6.42 Å². The third kappa shape index (κ3) is 3.15. The van der Waals surface area contributed by atoms with Crippen LogP contribution in [-0.4, -0.2) is 17.7 Å². The van der Waals surface area contributed by atoms with E-state index in [1.54, 1.807) is 0 Å². The Morgan fingerprint density at radius 2 is 2.12 bits per heavy atom. The monoisotopic (exact) mass is 234 g/mol. The van der Waals surface area contributed by atoms with E-state index in [1.807, 2.05) is 0 Å². The molecule has 0 aliphatic heterocycles. The van der Waals surface area contributed by atoms with Crippen molar-refractivity contribution in [1.82, 2.24) is 0 Å². The van der Waals surface area contributed by atoms with Crippen molar-refractivity contribution in [3.05, 3.63) is 29.1 Å². The molecule has 1 rings (SSSR count). The molecule has 0 unspecified atom stereocenters. The topological polar surface area (TPSA) is 46.5 Å². The summed E-state index contributed by atoms with van der Waals surface area (Å²) in [6.07, 6.45) is -0.448. The molecule has 0 spiro atoms. The predicted molar refractivity (Wildman–Crippen MR) is 49.1 cm³/mol. The zero-order chi connectivity index (χ0) is 12.3. The van der Waals surface area contributed by atoms with Crippen molar-refractivity contribution in [2.24, 2.45) is 0 Å². The minimum atomic E-state index is -3.07. The highest BCUT2D eigenvalue weighted by atomic mass is 19.3. The number of hydrogen-bond donors (Lipinski definition) is 1. The van der Waals surface area contributed by atoms with Gasteiger partial charge in [0, 0.05) is 5.56 Å². The Morgan fingerprint density at radius 3 is 2.62 bits per heavy atom. The second-order valence-corrected chi connectivity index (χ2v) is 3.15. The summed E-state index contributed by atoms with van der Waals surface area (Å²) in [5, 5.41) is 8.49. The first-order valence-electron chi connectivity index (χ1n) is 4.35. The van der Waals surface area contributed by atoms with E-state index < -0.39 is 24.8 Å². The molecule has 3 nitrogen and oxygen atoms in total. The van der Waals surface area contributed by atoms with E-state index in [0.29, 0.717) is 0 Å². The van der Waals surface area contributed by atoms with Gasteiger partial charge >= 0.3 is 12.6 Å². The molecule has 1 aromatic rings. The van der Waals surface area contributed by atoms with Gasteiger partial charge in [0.2, 0.25) is 0 Å². The maximum Gasteiger partial charge on any atom is 0.387 e. The summed E-state index contributed by atoms with van der Waals surface area (Å²) in [4.78, 5) is 10.4. The van der Waals surface area contributed by atoms with Gasteiger partial charge in [-0.15, -0.1) is 0 Å². The average Bonchev–Trinajstić information content (AvgIpc) is 2.11. The Kier molecular flexibility index (Phi) is 3.76. The maximum atomic E-state index is 13.2. The van der Waals surface area contributed by atoms with Crippen LogP contribution in [0.4, 0.5) is 13.2 Å². The van der Waals surface area contributed by atoms with Crippen LogP contribution >= 0.6 is 0 Å². The van der Waals surface area contributed by atoms with Gasteiger partial charge in [-0.2, -0.15) is 8.78 Å². The van der Waals surface area contributed by atoms with Crippen molar-refractivity contribution < 1.29 is 27.8 Å². The van der Waals surface area contributed by atoms with Gasteiger partial charge in [-0.25, -0.2) is 4.39 Å². The lowest BCUT2D eigenvalue weighted by Crippen LogP contribution is -2.07. The van der Waals surface area contributed by atoms with Crippen LogP contribution in [0.1, 0.15) is 11.1 Å². The summed E-state index contributed by atoms with van der Waals surface area (Å²) in [7, 11) is 0. The Hall–Kier alpha value is -1.72. The number of benzene rings is 1. The lowest BCUT2D eigenvalue weighted by molar-refractivity contribution is -0.136. The second kappa shape index (κ2) is 4.87. The Balaban J connectivity index is 3.06.